The zero-order chi connectivity index (χ0) is 27.1. The smallest absolute Gasteiger partial charge is 0.468 e. The van der Waals surface area contributed by atoms with Crippen molar-refractivity contribution >= 4 is 29.6 Å². The number of likely N-dealkylation sites (tertiary alicyclic amines) is 1. The third-order valence-corrected chi connectivity index (χ3v) is 5.98. The molecule has 1 rings (SSSR count). The maximum atomic E-state index is 13.3. The summed E-state index contributed by atoms with van der Waals surface area (Å²) < 4.78 is 43.9. The maximum Gasteiger partial charge on any atom is 0.468 e. The van der Waals surface area contributed by atoms with E-state index in [1.807, 2.05) is 0 Å². The van der Waals surface area contributed by atoms with E-state index in [-0.39, 0.29) is 6.42 Å². The Kier molecular flexibility index (Phi) is 10.5. The number of ether oxygens (including phenoxy) is 1. The van der Waals surface area contributed by atoms with Gasteiger partial charge in [-0.25, -0.2) is 4.99 Å². The van der Waals surface area contributed by atoms with E-state index in [1.165, 1.54) is 25.8 Å². The Hall–Kier alpha value is -2.86. The minimum Gasteiger partial charge on any atom is -0.481 e. The van der Waals surface area contributed by atoms with Gasteiger partial charge in [0.15, 0.2) is 0 Å². The number of aliphatic imine (C=N–C) groups is 1. The molecule has 3 amide bonds. The first kappa shape index (κ1) is 30.2. The van der Waals surface area contributed by atoms with Crippen LogP contribution in [-0.4, -0.2) is 95.5 Å². The van der Waals surface area contributed by atoms with Gasteiger partial charge in [-0.15, -0.1) is 0 Å². The highest BCUT2D eigenvalue weighted by molar-refractivity contribution is 5.96. The molecule has 3 atom stereocenters. The van der Waals surface area contributed by atoms with E-state index in [0.717, 1.165) is 24.9 Å². The summed E-state index contributed by atoms with van der Waals surface area (Å²) >= 11 is 0. The second-order valence-corrected chi connectivity index (χ2v) is 9.04. The van der Waals surface area contributed by atoms with Gasteiger partial charge in [-0.3, -0.25) is 19.2 Å². The highest BCUT2D eigenvalue weighted by Crippen LogP contribution is 2.26. The largest absolute Gasteiger partial charge is 0.481 e. The molecule has 13 heteroatoms. The Morgan fingerprint density at radius 2 is 1.71 bits per heavy atom. The summed E-state index contributed by atoms with van der Waals surface area (Å²) in [5.74, 6) is -5.58. The molecule has 0 bridgehead atoms. The number of carbonyl (C=O) groups is 4. The standard InChI is InChI=1S/C22H35F3N4O6/c1-7-21(4,27-19(35-6)22(23,24)25)20(34)28(5)16(13(2)3)17(32)26-14(12-15(30)31)18(33)29-10-8-9-11-29/h13-14,16H,7-12H2,1-6H3,(H,26,32)(H,30,31)/t14-,16?,21-/m0/s1. The molecule has 0 aliphatic carbocycles. The van der Waals surface area contributed by atoms with Crippen LogP contribution in [0.3, 0.4) is 0 Å². The molecule has 2 N–H and O–H groups in total. The number of rotatable bonds is 10. The third kappa shape index (κ3) is 7.82. The van der Waals surface area contributed by atoms with Crippen LogP contribution in [0.5, 0.6) is 0 Å². The summed E-state index contributed by atoms with van der Waals surface area (Å²) in [6.45, 7) is 6.81. The predicted molar refractivity (Wildman–Crippen MR) is 121 cm³/mol. The normalized spacial score (nSPS) is 18.0. The fourth-order valence-electron chi connectivity index (χ4n) is 3.95. The molecule has 1 aliphatic heterocycles. The lowest BCUT2D eigenvalue weighted by Crippen LogP contribution is -2.59. The number of amides is 3. The highest BCUT2D eigenvalue weighted by atomic mass is 19.4. The molecule has 200 valence electrons. The number of alkyl halides is 3. The Morgan fingerprint density at radius 1 is 1.17 bits per heavy atom. The monoisotopic (exact) mass is 508 g/mol. The molecule has 0 aromatic carbocycles. The van der Waals surface area contributed by atoms with E-state index >= 15 is 0 Å². The number of carboxylic acid groups (broad SMARTS) is 1. The third-order valence-electron chi connectivity index (χ3n) is 5.98. The zero-order valence-corrected chi connectivity index (χ0v) is 20.9. The van der Waals surface area contributed by atoms with Crippen LogP contribution in [0, 0.1) is 5.92 Å². The SMILES string of the molecule is CC[C@](C)(N=C(OC)C(F)(F)F)C(=O)N(C)C(C(=O)N[C@@H](CC(=O)O)C(=O)N1CCCC1)C(C)C. The second-order valence-electron chi connectivity index (χ2n) is 9.04. The lowest BCUT2D eigenvalue weighted by molar-refractivity contribution is -0.147. The van der Waals surface area contributed by atoms with Gasteiger partial charge in [0.2, 0.25) is 11.8 Å². The van der Waals surface area contributed by atoms with E-state index in [9.17, 15) is 37.5 Å². The van der Waals surface area contributed by atoms with Crippen molar-refractivity contribution < 1.29 is 42.2 Å². The minimum absolute atomic E-state index is 0.124. The van der Waals surface area contributed by atoms with Crippen LogP contribution in [0.1, 0.15) is 53.4 Å². The van der Waals surface area contributed by atoms with Gasteiger partial charge in [0.1, 0.15) is 17.6 Å². The lowest BCUT2D eigenvalue weighted by atomic mass is 9.94. The van der Waals surface area contributed by atoms with E-state index in [1.54, 1.807) is 13.8 Å². The van der Waals surface area contributed by atoms with Crippen LogP contribution >= 0.6 is 0 Å². The molecule has 1 unspecified atom stereocenters. The van der Waals surface area contributed by atoms with Crippen LogP contribution in [0.25, 0.3) is 0 Å². The van der Waals surface area contributed by atoms with E-state index < -0.39 is 65.7 Å². The number of methoxy groups -OCH3 is 1. The fourth-order valence-corrected chi connectivity index (χ4v) is 3.95. The van der Waals surface area contributed by atoms with Gasteiger partial charge in [-0.1, -0.05) is 20.8 Å². The molecule has 0 aromatic heterocycles. The zero-order valence-electron chi connectivity index (χ0n) is 20.9. The van der Waals surface area contributed by atoms with Crippen LogP contribution in [0.15, 0.2) is 4.99 Å². The molecule has 1 saturated heterocycles. The summed E-state index contributed by atoms with van der Waals surface area (Å²) in [7, 11) is 2.05. The molecule has 0 aromatic rings. The molecule has 1 aliphatic rings. The molecule has 1 heterocycles. The minimum atomic E-state index is -4.92. The van der Waals surface area contributed by atoms with Gasteiger partial charge in [-0.05, 0) is 32.1 Å². The van der Waals surface area contributed by atoms with Crippen molar-refractivity contribution in [3.05, 3.63) is 0 Å². The number of nitrogens with zero attached hydrogens (tertiary/aromatic N) is 3. The van der Waals surface area contributed by atoms with Gasteiger partial charge in [0.25, 0.3) is 11.8 Å². The molecule has 35 heavy (non-hydrogen) atoms. The number of hydrogen-bond donors (Lipinski definition) is 2. The maximum absolute atomic E-state index is 13.3. The number of carbonyl (C=O) groups excluding carboxylic acids is 3. The van der Waals surface area contributed by atoms with Crippen LogP contribution in [0.2, 0.25) is 0 Å². The van der Waals surface area contributed by atoms with Crippen molar-refractivity contribution in [2.24, 2.45) is 10.9 Å². The molecular formula is C22H35F3N4O6. The Labute approximate surface area is 202 Å². The van der Waals surface area contributed by atoms with Crippen molar-refractivity contribution in [2.45, 2.75) is 77.2 Å². The first-order chi connectivity index (χ1) is 16.1. The molecule has 0 spiro atoms. The molecule has 10 nitrogen and oxygen atoms in total. The highest BCUT2D eigenvalue weighted by Gasteiger charge is 2.45. The summed E-state index contributed by atoms with van der Waals surface area (Å²) in [6.07, 6.45) is -4.16. The van der Waals surface area contributed by atoms with Crippen molar-refractivity contribution in [1.29, 1.82) is 0 Å². The summed E-state index contributed by atoms with van der Waals surface area (Å²) in [5.41, 5.74) is -1.89. The van der Waals surface area contributed by atoms with Crippen LogP contribution < -0.4 is 5.32 Å². The quantitative estimate of drug-likeness (QED) is 0.342. The Balaban J connectivity index is 3.24. The van der Waals surface area contributed by atoms with Crippen molar-refractivity contribution in [3.8, 4) is 0 Å². The summed E-state index contributed by atoms with van der Waals surface area (Å²) in [4.78, 5) is 56.6. The first-order valence-electron chi connectivity index (χ1n) is 11.4. The Bertz CT molecular complexity index is 826. The summed E-state index contributed by atoms with van der Waals surface area (Å²) in [5, 5.41) is 11.7. The molecular weight excluding hydrogens is 473 g/mol. The number of aliphatic carboxylic acids is 1. The van der Waals surface area contributed by atoms with E-state index in [2.05, 4.69) is 15.0 Å². The topological polar surface area (TPSA) is 129 Å². The number of nitrogens with one attached hydrogen (secondary N) is 1. The Morgan fingerprint density at radius 3 is 2.11 bits per heavy atom. The summed E-state index contributed by atoms with van der Waals surface area (Å²) in [6, 6.07) is -2.55. The second kappa shape index (κ2) is 12.2. The molecule has 1 fully saturated rings. The van der Waals surface area contributed by atoms with Gasteiger partial charge in [-0.2, -0.15) is 13.2 Å². The lowest BCUT2D eigenvalue weighted by Gasteiger charge is -2.36. The first-order valence-corrected chi connectivity index (χ1v) is 11.4. The number of hydrogen-bond acceptors (Lipinski definition) is 6. The number of halogens is 3. The van der Waals surface area contributed by atoms with Crippen molar-refractivity contribution in [2.75, 3.05) is 27.2 Å². The predicted octanol–water partition coefficient (Wildman–Crippen LogP) is 1.83. The van der Waals surface area contributed by atoms with Gasteiger partial charge >= 0.3 is 12.1 Å². The fraction of sp³-hybridized carbons (Fsp3) is 0.773. The molecule has 0 saturated carbocycles. The van der Waals surface area contributed by atoms with E-state index in [0.29, 0.717) is 13.1 Å². The van der Waals surface area contributed by atoms with Crippen LogP contribution in [0.4, 0.5) is 13.2 Å². The average molecular weight is 509 g/mol. The molecule has 0 radical (unpaired) electrons. The van der Waals surface area contributed by atoms with Gasteiger partial charge in [0, 0.05) is 20.1 Å². The van der Waals surface area contributed by atoms with E-state index in [4.69, 9.17) is 0 Å². The number of likely N-dealkylation sites (N-methyl/N-ethyl adjacent to an activating group) is 1. The van der Waals surface area contributed by atoms with Gasteiger partial charge < -0.3 is 25.0 Å². The average Bonchev–Trinajstić information content (AvgIpc) is 3.29. The van der Waals surface area contributed by atoms with Crippen molar-refractivity contribution in [3.63, 3.8) is 0 Å². The van der Waals surface area contributed by atoms with Gasteiger partial charge in [0.05, 0.1) is 13.5 Å². The number of carboxylic acids is 1. The van der Waals surface area contributed by atoms with Crippen molar-refractivity contribution in [1.82, 2.24) is 15.1 Å². The van der Waals surface area contributed by atoms with Crippen LogP contribution in [-0.2, 0) is 23.9 Å².